The van der Waals surface area contributed by atoms with Gasteiger partial charge in [0.25, 0.3) is 0 Å². The van der Waals surface area contributed by atoms with Crippen LogP contribution in [0, 0.1) is 25.2 Å². The van der Waals surface area contributed by atoms with Gasteiger partial charge in [-0.1, -0.05) is 0 Å². The zero-order chi connectivity index (χ0) is 13.7. The maximum absolute atomic E-state index is 9.19. The van der Waals surface area contributed by atoms with E-state index in [2.05, 4.69) is 33.4 Å². The highest BCUT2D eigenvalue weighted by Gasteiger charge is 2.12. The van der Waals surface area contributed by atoms with Crippen LogP contribution in [0.25, 0.3) is 0 Å². The van der Waals surface area contributed by atoms with Crippen LogP contribution < -0.4 is 5.32 Å². The smallest absolute Gasteiger partial charge is 0.167 e. The Balaban J connectivity index is 2.79. The van der Waals surface area contributed by atoms with Crippen LogP contribution in [0.2, 0.25) is 0 Å². The van der Waals surface area contributed by atoms with Crippen molar-refractivity contribution in [3.8, 4) is 6.07 Å². The average Bonchev–Trinajstić information content (AvgIpc) is 2.32. The molecule has 0 saturated heterocycles. The molecule has 0 fully saturated rings. The van der Waals surface area contributed by atoms with Gasteiger partial charge < -0.3 is 10.2 Å². The molecule has 1 atom stereocenters. The molecule has 1 rings (SSSR count). The van der Waals surface area contributed by atoms with Crippen LogP contribution in [0.5, 0.6) is 0 Å². The number of nitriles is 1. The minimum absolute atomic E-state index is 0.260. The van der Waals surface area contributed by atoms with E-state index in [0.717, 1.165) is 24.2 Å². The van der Waals surface area contributed by atoms with Crippen molar-refractivity contribution in [1.82, 2.24) is 15.1 Å². The first-order chi connectivity index (χ1) is 8.45. The molecule has 0 aliphatic heterocycles. The molecule has 0 aliphatic rings. The summed E-state index contributed by atoms with van der Waals surface area (Å²) in [5.41, 5.74) is 2.30. The van der Waals surface area contributed by atoms with Crippen molar-refractivity contribution in [2.75, 3.05) is 26.0 Å². The van der Waals surface area contributed by atoms with Gasteiger partial charge in [-0.3, -0.25) is 0 Å². The number of anilines is 1. The topological polar surface area (TPSA) is 64.8 Å². The lowest BCUT2D eigenvalue weighted by Gasteiger charge is -2.18. The predicted octanol–water partition coefficient (Wildman–Crippen LogP) is 1.72. The number of hydrogen-bond donors (Lipinski definition) is 1. The van der Waals surface area contributed by atoms with Crippen LogP contribution >= 0.6 is 0 Å². The first-order valence-electron chi connectivity index (χ1n) is 6.11. The molecule has 0 radical (unpaired) electrons. The molecule has 1 heterocycles. The molecule has 98 valence electrons. The molecule has 0 aliphatic carbocycles. The molecular formula is C13H21N5. The summed E-state index contributed by atoms with van der Waals surface area (Å²) < 4.78 is 0. The van der Waals surface area contributed by atoms with Crippen molar-refractivity contribution < 1.29 is 0 Å². The highest BCUT2D eigenvalue weighted by Crippen LogP contribution is 2.18. The van der Waals surface area contributed by atoms with Crippen LogP contribution in [-0.4, -0.2) is 41.8 Å². The molecule has 5 heteroatoms. The maximum atomic E-state index is 9.19. The molecule has 0 spiro atoms. The lowest BCUT2D eigenvalue weighted by atomic mass is 10.1. The molecule has 1 aromatic heterocycles. The summed E-state index contributed by atoms with van der Waals surface area (Å²) in [4.78, 5) is 2.13. The normalized spacial score (nSPS) is 12.3. The number of nitrogens with one attached hydrogen (secondary N) is 1. The zero-order valence-electron chi connectivity index (χ0n) is 11.8. The van der Waals surface area contributed by atoms with Crippen LogP contribution in [0.15, 0.2) is 0 Å². The van der Waals surface area contributed by atoms with Gasteiger partial charge in [0, 0.05) is 6.04 Å². The predicted molar refractivity (Wildman–Crippen MR) is 72.5 cm³/mol. The van der Waals surface area contributed by atoms with Crippen molar-refractivity contribution in [2.45, 2.75) is 33.2 Å². The van der Waals surface area contributed by atoms with Crippen LogP contribution in [-0.2, 0) is 0 Å². The molecule has 5 nitrogen and oxygen atoms in total. The standard InChI is InChI=1S/C13H21N5/c1-9(6-7-18(4)5)15-13-12(8-14)10(2)11(3)16-17-13/h9H,6-7H2,1-5H3,(H,15,17)/t9-/m1/s1. The van der Waals surface area contributed by atoms with E-state index in [0.29, 0.717) is 11.4 Å². The summed E-state index contributed by atoms with van der Waals surface area (Å²) in [6, 6.07) is 2.46. The van der Waals surface area contributed by atoms with E-state index in [-0.39, 0.29) is 6.04 Å². The van der Waals surface area contributed by atoms with E-state index >= 15 is 0 Å². The number of hydrogen-bond acceptors (Lipinski definition) is 5. The molecule has 1 aromatic rings. The molecule has 0 bridgehead atoms. The largest absolute Gasteiger partial charge is 0.365 e. The summed E-state index contributed by atoms with van der Waals surface area (Å²) >= 11 is 0. The summed E-state index contributed by atoms with van der Waals surface area (Å²) in [7, 11) is 4.09. The van der Waals surface area contributed by atoms with Crippen molar-refractivity contribution in [1.29, 1.82) is 5.26 Å². The van der Waals surface area contributed by atoms with E-state index in [4.69, 9.17) is 0 Å². The van der Waals surface area contributed by atoms with Crippen LogP contribution in [0.1, 0.15) is 30.2 Å². The number of rotatable bonds is 5. The van der Waals surface area contributed by atoms with Gasteiger partial charge >= 0.3 is 0 Å². The van der Waals surface area contributed by atoms with E-state index in [9.17, 15) is 5.26 Å². The quantitative estimate of drug-likeness (QED) is 0.858. The Morgan fingerprint density at radius 2 is 2.00 bits per heavy atom. The number of aryl methyl sites for hydroxylation is 1. The van der Waals surface area contributed by atoms with Crippen LogP contribution in [0.3, 0.4) is 0 Å². The van der Waals surface area contributed by atoms with Crippen molar-refractivity contribution in [3.05, 3.63) is 16.8 Å². The second kappa shape index (κ2) is 6.31. The Morgan fingerprint density at radius 3 is 2.56 bits per heavy atom. The van der Waals surface area contributed by atoms with Gasteiger partial charge in [-0.05, 0) is 53.4 Å². The van der Waals surface area contributed by atoms with E-state index in [1.807, 2.05) is 27.9 Å². The molecule has 18 heavy (non-hydrogen) atoms. The summed E-state index contributed by atoms with van der Waals surface area (Å²) in [6.07, 6.45) is 0.993. The van der Waals surface area contributed by atoms with Gasteiger partial charge in [0.1, 0.15) is 11.6 Å². The van der Waals surface area contributed by atoms with Crippen LogP contribution in [0.4, 0.5) is 5.82 Å². The van der Waals surface area contributed by atoms with E-state index in [1.54, 1.807) is 0 Å². The molecule has 1 N–H and O–H groups in total. The molecule has 0 saturated carbocycles. The third-order valence-electron chi connectivity index (χ3n) is 2.96. The van der Waals surface area contributed by atoms with Gasteiger partial charge in [-0.15, -0.1) is 5.10 Å². The molecule has 0 unspecified atom stereocenters. The molecule has 0 amide bonds. The molecule has 0 aromatic carbocycles. The highest BCUT2D eigenvalue weighted by atomic mass is 15.2. The average molecular weight is 247 g/mol. The van der Waals surface area contributed by atoms with Crippen molar-refractivity contribution in [3.63, 3.8) is 0 Å². The Bertz CT molecular complexity index is 447. The Kier molecular flexibility index (Phi) is 5.05. The van der Waals surface area contributed by atoms with Gasteiger partial charge in [0.2, 0.25) is 0 Å². The van der Waals surface area contributed by atoms with Gasteiger partial charge in [-0.25, -0.2) is 0 Å². The monoisotopic (exact) mass is 247 g/mol. The lowest BCUT2D eigenvalue weighted by Crippen LogP contribution is -2.24. The van der Waals surface area contributed by atoms with Gasteiger partial charge in [0.05, 0.1) is 5.69 Å². The Hall–Kier alpha value is -1.67. The second-order valence-electron chi connectivity index (χ2n) is 4.88. The number of aromatic nitrogens is 2. The Morgan fingerprint density at radius 1 is 1.33 bits per heavy atom. The van der Waals surface area contributed by atoms with E-state index < -0.39 is 0 Å². The number of nitrogens with zero attached hydrogens (tertiary/aromatic N) is 4. The minimum Gasteiger partial charge on any atom is -0.365 e. The first-order valence-corrected chi connectivity index (χ1v) is 6.11. The highest BCUT2D eigenvalue weighted by molar-refractivity contribution is 5.56. The third kappa shape index (κ3) is 3.67. The minimum atomic E-state index is 0.260. The summed E-state index contributed by atoms with van der Waals surface area (Å²) in [6.45, 7) is 6.84. The molecular weight excluding hydrogens is 226 g/mol. The van der Waals surface area contributed by atoms with Gasteiger partial charge in [-0.2, -0.15) is 10.4 Å². The lowest BCUT2D eigenvalue weighted by molar-refractivity contribution is 0.390. The zero-order valence-corrected chi connectivity index (χ0v) is 11.8. The second-order valence-corrected chi connectivity index (χ2v) is 4.88. The summed E-state index contributed by atoms with van der Waals surface area (Å²) in [5, 5.41) is 20.6. The van der Waals surface area contributed by atoms with Crippen molar-refractivity contribution in [2.24, 2.45) is 0 Å². The fourth-order valence-corrected chi connectivity index (χ4v) is 1.60. The van der Waals surface area contributed by atoms with E-state index in [1.165, 1.54) is 0 Å². The Labute approximate surface area is 109 Å². The fourth-order valence-electron chi connectivity index (χ4n) is 1.60. The third-order valence-corrected chi connectivity index (χ3v) is 2.96. The maximum Gasteiger partial charge on any atom is 0.167 e. The van der Waals surface area contributed by atoms with Gasteiger partial charge in [0.15, 0.2) is 5.82 Å². The SMILES string of the molecule is Cc1nnc(N[C@H](C)CCN(C)C)c(C#N)c1C. The first kappa shape index (κ1) is 14.4. The fraction of sp³-hybridized carbons (Fsp3) is 0.615. The summed E-state index contributed by atoms with van der Waals surface area (Å²) in [5.74, 6) is 0.590. The van der Waals surface area contributed by atoms with Crippen molar-refractivity contribution >= 4 is 5.82 Å².